The van der Waals surface area contributed by atoms with E-state index >= 15 is 0 Å². The second kappa shape index (κ2) is 4.46. The number of ether oxygens (including phenoxy) is 1. The lowest BCUT2D eigenvalue weighted by Crippen LogP contribution is -2.56. The first kappa shape index (κ1) is 10.3. The molecule has 1 aliphatic rings. The molecule has 13 heavy (non-hydrogen) atoms. The summed E-state index contributed by atoms with van der Waals surface area (Å²) in [5.74, 6) is 0. The fourth-order valence-electron chi connectivity index (χ4n) is 1.59. The lowest BCUT2D eigenvalue weighted by molar-refractivity contribution is 0.107. The summed E-state index contributed by atoms with van der Waals surface area (Å²) in [6, 6.07) is 0.749. The van der Waals surface area contributed by atoms with E-state index in [1.807, 2.05) is 21.0 Å². The van der Waals surface area contributed by atoms with Gasteiger partial charge in [-0.1, -0.05) is 0 Å². The van der Waals surface area contributed by atoms with Crippen LogP contribution in [0.25, 0.3) is 0 Å². The fourth-order valence-corrected chi connectivity index (χ4v) is 1.59. The van der Waals surface area contributed by atoms with Crippen LogP contribution in [0.1, 0.15) is 19.8 Å². The summed E-state index contributed by atoms with van der Waals surface area (Å²) < 4.78 is 4.81. The average molecular weight is 186 g/mol. The minimum atomic E-state index is -0.293. The van der Waals surface area contributed by atoms with Crippen molar-refractivity contribution in [3.05, 3.63) is 0 Å². The molecule has 0 heterocycles. The van der Waals surface area contributed by atoms with Gasteiger partial charge in [0.2, 0.25) is 0 Å². The van der Waals surface area contributed by atoms with E-state index in [1.54, 1.807) is 0 Å². The molecule has 1 rings (SSSR count). The van der Waals surface area contributed by atoms with Crippen molar-refractivity contribution in [2.75, 3.05) is 20.7 Å². The highest BCUT2D eigenvalue weighted by atomic mass is 16.5. The van der Waals surface area contributed by atoms with Crippen molar-refractivity contribution in [1.29, 1.82) is 0 Å². The Morgan fingerprint density at radius 2 is 2.23 bits per heavy atom. The molecule has 4 nitrogen and oxygen atoms in total. The van der Waals surface area contributed by atoms with Gasteiger partial charge >= 0.3 is 6.09 Å². The Bertz CT molecular complexity index is 182. The van der Waals surface area contributed by atoms with Crippen molar-refractivity contribution in [3.63, 3.8) is 0 Å². The highest BCUT2D eigenvalue weighted by Gasteiger charge is 2.33. The molecule has 76 valence electrons. The van der Waals surface area contributed by atoms with Crippen LogP contribution in [0.3, 0.4) is 0 Å². The minimum Gasteiger partial charge on any atom is -0.450 e. The van der Waals surface area contributed by atoms with Crippen LogP contribution in [0.5, 0.6) is 0 Å². The normalized spacial score (nSPS) is 26.8. The smallest absolute Gasteiger partial charge is 0.407 e. The maximum absolute atomic E-state index is 11.1. The number of hydrogen-bond acceptors (Lipinski definition) is 3. The van der Waals surface area contributed by atoms with E-state index < -0.39 is 0 Å². The van der Waals surface area contributed by atoms with Crippen LogP contribution in [0, 0.1) is 0 Å². The first-order chi connectivity index (χ1) is 6.15. The van der Waals surface area contributed by atoms with E-state index in [-0.39, 0.29) is 12.1 Å². The van der Waals surface area contributed by atoms with Crippen LogP contribution >= 0.6 is 0 Å². The van der Waals surface area contributed by atoms with E-state index in [4.69, 9.17) is 4.74 Å². The summed E-state index contributed by atoms with van der Waals surface area (Å²) in [7, 11) is 4.06. The molecule has 4 heteroatoms. The number of nitrogens with zero attached hydrogens (tertiary/aromatic N) is 1. The molecule has 1 fully saturated rings. The van der Waals surface area contributed by atoms with Gasteiger partial charge in [-0.05, 0) is 33.9 Å². The van der Waals surface area contributed by atoms with Gasteiger partial charge in [-0.25, -0.2) is 4.79 Å². The second-order valence-corrected chi connectivity index (χ2v) is 3.58. The predicted octanol–water partition coefficient (Wildman–Crippen LogP) is 0.825. The van der Waals surface area contributed by atoms with Crippen LogP contribution in [0.4, 0.5) is 4.79 Å². The quantitative estimate of drug-likeness (QED) is 0.709. The van der Waals surface area contributed by atoms with Crippen molar-refractivity contribution in [3.8, 4) is 0 Å². The van der Waals surface area contributed by atoms with Crippen molar-refractivity contribution in [2.24, 2.45) is 0 Å². The van der Waals surface area contributed by atoms with E-state index in [1.165, 1.54) is 0 Å². The van der Waals surface area contributed by atoms with Crippen molar-refractivity contribution in [1.82, 2.24) is 10.2 Å². The van der Waals surface area contributed by atoms with E-state index in [0.717, 1.165) is 12.8 Å². The SMILES string of the molecule is CCOC(=O)N[C@H]1CC[C@@H]1N(C)C. The fraction of sp³-hybridized carbons (Fsp3) is 0.889. The summed E-state index contributed by atoms with van der Waals surface area (Å²) >= 11 is 0. The topological polar surface area (TPSA) is 41.6 Å². The van der Waals surface area contributed by atoms with Crippen LogP contribution in [0.2, 0.25) is 0 Å². The van der Waals surface area contributed by atoms with Crippen molar-refractivity contribution >= 4 is 6.09 Å². The largest absolute Gasteiger partial charge is 0.450 e. The van der Waals surface area contributed by atoms with Gasteiger partial charge in [0.25, 0.3) is 0 Å². The minimum absolute atomic E-state index is 0.272. The first-order valence-corrected chi connectivity index (χ1v) is 4.75. The summed E-state index contributed by atoms with van der Waals surface area (Å²) in [4.78, 5) is 13.2. The molecule has 1 N–H and O–H groups in total. The molecular weight excluding hydrogens is 168 g/mol. The molecular formula is C9H18N2O2. The highest BCUT2D eigenvalue weighted by molar-refractivity contribution is 5.67. The van der Waals surface area contributed by atoms with Crippen molar-refractivity contribution in [2.45, 2.75) is 31.8 Å². The lowest BCUT2D eigenvalue weighted by atomic mass is 9.86. The molecule has 1 aliphatic carbocycles. The molecule has 0 aromatic carbocycles. The maximum atomic E-state index is 11.1. The third kappa shape index (κ3) is 2.59. The monoisotopic (exact) mass is 186 g/mol. The van der Waals surface area contributed by atoms with Gasteiger partial charge in [0.15, 0.2) is 0 Å². The standard InChI is InChI=1S/C9H18N2O2/c1-4-13-9(12)10-7-5-6-8(7)11(2)3/h7-8H,4-6H2,1-3H3,(H,10,12)/t7-,8-/m0/s1. The van der Waals surface area contributed by atoms with Gasteiger partial charge in [0, 0.05) is 12.1 Å². The van der Waals surface area contributed by atoms with Gasteiger partial charge in [0.1, 0.15) is 0 Å². The second-order valence-electron chi connectivity index (χ2n) is 3.58. The van der Waals surface area contributed by atoms with Crippen LogP contribution in [0.15, 0.2) is 0 Å². The average Bonchev–Trinajstić information content (AvgIpc) is 1.97. The zero-order valence-corrected chi connectivity index (χ0v) is 8.54. The molecule has 2 atom stereocenters. The molecule has 1 saturated carbocycles. The molecule has 0 unspecified atom stereocenters. The third-order valence-corrected chi connectivity index (χ3v) is 2.48. The number of hydrogen-bond donors (Lipinski definition) is 1. The number of likely N-dealkylation sites (N-methyl/N-ethyl adjacent to an activating group) is 1. The number of amides is 1. The Kier molecular flexibility index (Phi) is 3.54. The first-order valence-electron chi connectivity index (χ1n) is 4.75. The Labute approximate surface area is 79.2 Å². The van der Waals surface area contributed by atoms with Crippen LogP contribution in [-0.2, 0) is 4.74 Å². The van der Waals surface area contributed by atoms with Gasteiger partial charge in [-0.2, -0.15) is 0 Å². The summed E-state index contributed by atoms with van der Waals surface area (Å²) in [6.45, 7) is 2.25. The molecule has 0 radical (unpaired) electrons. The Morgan fingerprint density at radius 3 is 2.62 bits per heavy atom. The molecule has 0 aromatic heterocycles. The molecule has 0 aromatic rings. The van der Waals surface area contributed by atoms with Gasteiger partial charge in [0.05, 0.1) is 6.61 Å². The zero-order chi connectivity index (χ0) is 9.84. The van der Waals surface area contributed by atoms with Gasteiger partial charge < -0.3 is 15.0 Å². The predicted molar refractivity (Wildman–Crippen MR) is 50.7 cm³/mol. The van der Waals surface area contributed by atoms with E-state index in [0.29, 0.717) is 12.6 Å². The molecule has 0 spiro atoms. The van der Waals surface area contributed by atoms with Gasteiger partial charge in [-0.3, -0.25) is 0 Å². The number of rotatable bonds is 3. The zero-order valence-electron chi connectivity index (χ0n) is 8.54. The highest BCUT2D eigenvalue weighted by Crippen LogP contribution is 2.23. The summed E-state index contributed by atoms with van der Waals surface area (Å²) in [5, 5.41) is 2.85. The lowest BCUT2D eigenvalue weighted by Gasteiger charge is -2.40. The van der Waals surface area contributed by atoms with Crippen molar-refractivity contribution < 1.29 is 9.53 Å². The molecule has 0 bridgehead atoms. The Balaban J connectivity index is 2.26. The van der Waals surface area contributed by atoms with Gasteiger partial charge in [-0.15, -0.1) is 0 Å². The Hall–Kier alpha value is -0.770. The molecule has 0 saturated heterocycles. The third-order valence-electron chi connectivity index (χ3n) is 2.48. The molecule has 1 amide bonds. The number of nitrogens with one attached hydrogen (secondary N) is 1. The van der Waals surface area contributed by atoms with Crippen LogP contribution < -0.4 is 5.32 Å². The van der Waals surface area contributed by atoms with E-state index in [2.05, 4.69) is 10.2 Å². The molecule has 0 aliphatic heterocycles. The number of carbonyl (C=O) groups is 1. The summed E-state index contributed by atoms with van der Waals surface area (Å²) in [6.07, 6.45) is 1.92. The Morgan fingerprint density at radius 1 is 1.54 bits per heavy atom. The summed E-state index contributed by atoms with van der Waals surface area (Å²) in [5.41, 5.74) is 0. The number of alkyl carbamates (subject to hydrolysis) is 1. The maximum Gasteiger partial charge on any atom is 0.407 e. The number of carbonyl (C=O) groups excluding carboxylic acids is 1. The van der Waals surface area contributed by atoms with Crippen LogP contribution in [-0.4, -0.2) is 43.8 Å². The van der Waals surface area contributed by atoms with E-state index in [9.17, 15) is 4.79 Å².